The molecule has 1 amide bonds. The van der Waals surface area contributed by atoms with E-state index in [0.29, 0.717) is 6.54 Å². The Morgan fingerprint density at radius 1 is 1.12 bits per heavy atom. The first-order valence-electron chi connectivity index (χ1n) is 8.45. The number of para-hydroxylation sites is 1. The summed E-state index contributed by atoms with van der Waals surface area (Å²) in [5, 5.41) is 1.26. The van der Waals surface area contributed by atoms with Crippen molar-refractivity contribution < 1.29 is 4.79 Å². The van der Waals surface area contributed by atoms with Crippen molar-refractivity contribution in [2.24, 2.45) is 0 Å². The highest BCUT2D eigenvalue weighted by atomic mass is 79.9. The molecule has 0 saturated carbocycles. The van der Waals surface area contributed by atoms with E-state index in [1.54, 1.807) is 0 Å². The van der Waals surface area contributed by atoms with Crippen molar-refractivity contribution in [3.8, 4) is 0 Å². The van der Waals surface area contributed by atoms with Crippen molar-refractivity contribution in [2.45, 2.75) is 13.3 Å². The monoisotopic (exact) mass is 394 g/mol. The van der Waals surface area contributed by atoms with Gasteiger partial charge in [0.1, 0.15) is 0 Å². The number of halogens is 1. The van der Waals surface area contributed by atoms with E-state index in [1.807, 2.05) is 29.2 Å². The summed E-state index contributed by atoms with van der Waals surface area (Å²) in [5.41, 5.74) is 5.73. The number of aryl methyl sites for hydroxylation is 1. The van der Waals surface area contributed by atoms with Crippen LogP contribution < -0.4 is 0 Å². The molecule has 25 heavy (non-hydrogen) atoms. The molecule has 0 bridgehead atoms. The van der Waals surface area contributed by atoms with Crippen LogP contribution in [0.1, 0.15) is 28.0 Å². The second-order valence-electron chi connectivity index (χ2n) is 6.41. The minimum absolute atomic E-state index is 0.0958. The Kier molecular flexibility index (Phi) is 4.22. The summed E-state index contributed by atoms with van der Waals surface area (Å²) in [5.74, 6) is 0.0958. The minimum atomic E-state index is 0.0958. The van der Waals surface area contributed by atoms with Gasteiger partial charge in [-0.3, -0.25) is 4.79 Å². The standard InChI is InChI=1S/C21H19BrN2O/c1-14-20(18-4-2-3-5-19(18)23-14)15-10-12-24(13-11-15)21(25)16-6-8-17(22)9-7-16/h2-10,23H,11-13H2,1H3. The minimum Gasteiger partial charge on any atom is -0.358 e. The quantitative estimate of drug-likeness (QED) is 0.639. The lowest BCUT2D eigenvalue weighted by Crippen LogP contribution is -2.34. The highest BCUT2D eigenvalue weighted by Crippen LogP contribution is 2.32. The Morgan fingerprint density at radius 2 is 1.88 bits per heavy atom. The third kappa shape index (κ3) is 3.02. The molecule has 126 valence electrons. The maximum atomic E-state index is 12.7. The van der Waals surface area contributed by atoms with Gasteiger partial charge >= 0.3 is 0 Å². The Balaban J connectivity index is 1.58. The fraction of sp³-hybridized carbons (Fsp3) is 0.190. The zero-order chi connectivity index (χ0) is 17.4. The van der Waals surface area contributed by atoms with Crippen molar-refractivity contribution >= 4 is 38.3 Å². The van der Waals surface area contributed by atoms with Crippen LogP contribution in [0.25, 0.3) is 16.5 Å². The smallest absolute Gasteiger partial charge is 0.254 e. The largest absolute Gasteiger partial charge is 0.358 e. The van der Waals surface area contributed by atoms with Crippen LogP contribution in [0.15, 0.2) is 59.1 Å². The molecule has 2 heterocycles. The molecule has 0 atom stereocenters. The second kappa shape index (κ2) is 6.52. The number of hydrogen-bond acceptors (Lipinski definition) is 1. The van der Waals surface area contributed by atoms with Crippen molar-refractivity contribution in [1.29, 1.82) is 0 Å². The van der Waals surface area contributed by atoms with Crippen LogP contribution in [-0.2, 0) is 0 Å². The molecule has 3 nitrogen and oxygen atoms in total. The van der Waals surface area contributed by atoms with Crippen LogP contribution in [0.3, 0.4) is 0 Å². The predicted octanol–water partition coefficient (Wildman–Crippen LogP) is 5.17. The molecule has 3 aromatic rings. The summed E-state index contributed by atoms with van der Waals surface area (Å²) < 4.78 is 0.986. The van der Waals surface area contributed by atoms with Crippen LogP contribution in [0.2, 0.25) is 0 Å². The van der Waals surface area contributed by atoms with E-state index in [4.69, 9.17) is 0 Å². The molecule has 1 N–H and O–H groups in total. The molecule has 0 radical (unpaired) electrons. The molecule has 0 spiro atoms. The first kappa shape index (κ1) is 16.2. The lowest BCUT2D eigenvalue weighted by Gasteiger charge is -2.27. The van der Waals surface area contributed by atoms with Gasteiger partial charge in [0.15, 0.2) is 0 Å². The van der Waals surface area contributed by atoms with E-state index < -0.39 is 0 Å². The van der Waals surface area contributed by atoms with E-state index in [1.165, 1.54) is 27.7 Å². The number of fused-ring (bicyclic) bond motifs is 1. The molecule has 1 aromatic heterocycles. The van der Waals surface area contributed by atoms with E-state index >= 15 is 0 Å². The molecule has 4 heteroatoms. The van der Waals surface area contributed by atoms with Crippen LogP contribution in [0.4, 0.5) is 0 Å². The van der Waals surface area contributed by atoms with Crippen molar-refractivity contribution in [1.82, 2.24) is 9.88 Å². The number of aromatic nitrogens is 1. The van der Waals surface area contributed by atoms with E-state index in [0.717, 1.165) is 23.0 Å². The van der Waals surface area contributed by atoms with Gasteiger partial charge in [-0.15, -0.1) is 0 Å². The SMILES string of the molecule is Cc1[nH]c2ccccc2c1C1=CCN(C(=O)c2ccc(Br)cc2)CC1. The normalized spacial score (nSPS) is 14.6. The highest BCUT2D eigenvalue weighted by Gasteiger charge is 2.21. The average molecular weight is 395 g/mol. The van der Waals surface area contributed by atoms with Crippen LogP contribution in [0, 0.1) is 6.92 Å². The fourth-order valence-corrected chi connectivity index (χ4v) is 3.81. The number of carbonyl (C=O) groups is 1. The zero-order valence-corrected chi connectivity index (χ0v) is 15.6. The molecule has 2 aromatic carbocycles. The zero-order valence-electron chi connectivity index (χ0n) is 14.1. The summed E-state index contributed by atoms with van der Waals surface area (Å²) >= 11 is 3.41. The number of carbonyl (C=O) groups excluding carboxylic acids is 1. The first-order valence-corrected chi connectivity index (χ1v) is 9.24. The third-order valence-corrected chi connectivity index (χ3v) is 5.33. The maximum absolute atomic E-state index is 12.7. The lowest BCUT2D eigenvalue weighted by molar-refractivity contribution is 0.0773. The Hall–Kier alpha value is -2.33. The number of rotatable bonds is 2. The Bertz CT molecular complexity index is 969. The van der Waals surface area contributed by atoms with Crippen LogP contribution in [-0.4, -0.2) is 28.9 Å². The first-order chi connectivity index (χ1) is 12.1. The number of H-pyrrole nitrogens is 1. The summed E-state index contributed by atoms with van der Waals surface area (Å²) in [6.07, 6.45) is 3.08. The van der Waals surface area contributed by atoms with Gasteiger partial charge in [-0.25, -0.2) is 0 Å². The van der Waals surface area contributed by atoms with E-state index in [2.05, 4.69) is 58.2 Å². The lowest BCUT2D eigenvalue weighted by atomic mass is 9.96. The van der Waals surface area contributed by atoms with Gasteiger partial charge in [0.25, 0.3) is 5.91 Å². The van der Waals surface area contributed by atoms with Gasteiger partial charge in [0.05, 0.1) is 0 Å². The summed E-state index contributed by atoms with van der Waals surface area (Å²) in [7, 11) is 0. The van der Waals surface area contributed by atoms with Gasteiger partial charge < -0.3 is 9.88 Å². The Morgan fingerprint density at radius 3 is 2.60 bits per heavy atom. The summed E-state index contributed by atoms with van der Waals surface area (Å²) in [4.78, 5) is 18.0. The molecular formula is C21H19BrN2O. The highest BCUT2D eigenvalue weighted by molar-refractivity contribution is 9.10. The molecule has 1 aliphatic heterocycles. The van der Waals surface area contributed by atoms with Gasteiger partial charge in [-0.05, 0) is 49.2 Å². The van der Waals surface area contributed by atoms with E-state index in [9.17, 15) is 4.79 Å². The molecule has 1 aliphatic rings. The second-order valence-corrected chi connectivity index (χ2v) is 7.32. The number of nitrogens with one attached hydrogen (secondary N) is 1. The van der Waals surface area contributed by atoms with Crippen molar-refractivity contribution in [3.63, 3.8) is 0 Å². The molecular weight excluding hydrogens is 376 g/mol. The molecule has 0 fully saturated rings. The predicted molar refractivity (Wildman–Crippen MR) is 106 cm³/mol. The fourth-order valence-electron chi connectivity index (χ4n) is 3.55. The number of aromatic amines is 1. The van der Waals surface area contributed by atoms with Crippen LogP contribution in [0.5, 0.6) is 0 Å². The van der Waals surface area contributed by atoms with Gasteiger partial charge in [0.2, 0.25) is 0 Å². The van der Waals surface area contributed by atoms with Crippen molar-refractivity contribution in [3.05, 3.63) is 75.9 Å². The van der Waals surface area contributed by atoms with Crippen molar-refractivity contribution in [2.75, 3.05) is 13.1 Å². The molecule has 0 aliphatic carbocycles. The number of amides is 1. The van der Waals surface area contributed by atoms with Gasteiger partial charge in [-0.1, -0.05) is 40.2 Å². The number of benzene rings is 2. The summed E-state index contributed by atoms with van der Waals surface area (Å²) in [6, 6.07) is 16.0. The van der Waals surface area contributed by atoms with Crippen LogP contribution >= 0.6 is 15.9 Å². The average Bonchev–Trinajstić information content (AvgIpc) is 2.97. The third-order valence-electron chi connectivity index (χ3n) is 4.80. The number of nitrogens with zero attached hydrogens (tertiary/aromatic N) is 1. The topological polar surface area (TPSA) is 36.1 Å². The van der Waals surface area contributed by atoms with Gasteiger partial charge in [0, 0.05) is 45.3 Å². The summed E-state index contributed by atoms with van der Waals surface area (Å²) in [6.45, 7) is 3.53. The molecule has 0 saturated heterocycles. The molecule has 4 rings (SSSR count). The Labute approximate surface area is 155 Å². The number of hydrogen-bond donors (Lipinski definition) is 1. The molecule has 0 unspecified atom stereocenters. The maximum Gasteiger partial charge on any atom is 0.254 e. The van der Waals surface area contributed by atoms with Gasteiger partial charge in [-0.2, -0.15) is 0 Å². The van der Waals surface area contributed by atoms with E-state index in [-0.39, 0.29) is 5.91 Å².